The van der Waals surface area contributed by atoms with Gasteiger partial charge in [-0.3, -0.25) is 23.8 Å². The normalized spacial score (nSPS) is 23.6. The highest BCUT2D eigenvalue weighted by molar-refractivity contribution is 7.51. The van der Waals surface area contributed by atoms with E-state index >= 15 is 0 Å². The third kappa shape index (κ3) is 6.50. The van der Waals surface area contributed by atoms with Crippen LogP contribution < -0.4 is 15.8 Å². The molecule has 3 heterocycles. The van der Waals surface area contributed by atoms with E-state index < -0.39 is 74.4 Å². The number of hydrogen-bond acceptors (Lipinski definition) is 9. The van der Waals surface area contributed by atoms with Gasteiger partial charge in [0.25, 0.3) is 11.9 Å². The van der Waals surface area contributed by atoms with Crippen LogP contribution in [0.1, 0.15) is 6.23 Å². The average molecular weight is 581 g/mol. The summed E-state index contributed by atoms with van der Waals surface area (Å²) in [6.07, 6.45) is -16.8. The second-order valence-electron chi connectivity index (χ2n) is 7.56. The Morgan fingerprint density at radius 3 is 2.18 bits per heavy atom. The molecule has 2 aromatic rings. The summed E-state index contributed by atoms with van der Waals surface area (Å²) in [5, 5.41) is 0. The zero-order valence-electron chi connectivity index (χ0n) is 18.6. The molecule has 0 spiro atoms. The molecule has 2 N–H and O–H groups in total. The molecule has 0 saturated carbocycles. The van der Waals surface area contributed by atoms with Gasteiger partial charge in [0, 0.05) is 12.3 Å². The van der Waals surface area contributed by atoms with E-state index in [1.54, 1.807) is 4.98 Å². The molecular weight excluding hydrogens is 565 g/mol. The maximum Gasteiger partial charge on any atom is 0.525 e. The number of carbonyl (C=O) groups excluding carboxylic acids is 2. The van der Waals surface area contributed by atoms with E-state index in [4.69, 9.17) is 9.26 Å². The zero-order chi connectivity index (χ0) is 28.6. The summed E-state index contributed by atoms with van der Waals surface area (Å²) in [5.41, 5.74) is -2.36. The first-order chi connectivity index (χ1) is 17.4. The van der Waals surface area contributed by atoms with Gasteiger partial charge in [-0.25, -0.2) is 23.5 Å². The van der Waals surface area contributed by atoms with Crippen LogP contribution >= 0.6 is 7.75 Å². The number of nitrogens with one attached hydrogen (secondary N) is 1. The van der Waals surface area contributed by atoms with Gasteiger partial charge in [0.15, 0.2) is 18.4 Å². The van der Waals surface area contributed by atoms with Crippen LogP contribution in [0.3, 0.4) is 0 Å². The van der Waals surface area contributed by atoms with Crippen molar-refractivity contribution in [3.05, 3.63) is 51.8 Å². The molecule has 1 aliphatic rings. The van der Waals surface area contributed by atoms with Crippen molar-refractivity contribution in [3.63, 3.8) is 0 Å². The summed E-state index contributed by atoms with van der Waals surface area (Å²) in [5.74, 6) is -5.92. The predicted molar refractivity (Wildman–Crippen MR) is 104 cm³/mol. The molecule has 3 rings (SSSR count). The summed E-state index contributed by atoms with van der Waals surface area (Å²) >= 11 is 0. The van der Waals surface area contributed by atoms with Crippen molar-refractivity contribution in [1.29, 1.82) is 0 Å². The maximum absolute atomic E-state index is 12.9. The molecule has 210 valence electrons. The lowest BCUT2D eigenvalue weighted by atomic mass is 10.1. The van der Waals surface area contributed by atoms with Crippen LogP contribution in [0.25, 0.3) is 0 Å². The number of hydrogen-bond donors (Lipinski definition) is 2. The molecule has 38 heavy (non-hydrogen) atoms. The quantitative estimate of drug-likeness (QED) is 0.191. The van der Waals surface area contributed by atoms with Gasteiger partial charge in [-0.05, 0) is 0 Å². The topological polar surface area (TPSA) is 172 Å². The zero-order valence-corrected chi connectivity index (χ0v) is 19.5. The van der Waals surface area contributed by atoms with Crippen LogP contribution in [-0.4, -0.2) is 68.0 Å². The fraction of sp³-hybridized carbons (Fsp3) is 0.471. The SMILES string of the molecule is C[n+]1ccn(P(=O)(O)OC[C@H]2O[C@@H](n3ccc(=O)[nH]c3=O)[C@@H](OC(=O)C(F)(F)F)C2OC(=O)C(F)(F)F)c1. The largest absolute Gasteiger partial charge is 0.525 e. The summed E-state index contributed by atoms with van der Waals surface area (Å²) in [6, 6.07) is 0.669. The Morgan fingerprint density at radius 2 is 1.68 bits per heavy atom. The number of imidazole rings is 1. The fourth-order valence-corrected chi connectivity index (χ4v) is 4.16. The molecule has 2 unspecified atom stereocenters. The molecule has 0 amide bonds. The number of nitrogens with zero attached hydrogens (tertiary/aromatic N) is 3. The molecule has 2 aromatic heterocycles. The number of alkyl halides is 6. The third-order valence-corrected chi connectivity index (χ3v) is 6.12. The first-order valence-corrected chi connectivity index (χ1v) is 11.5. The molecule has 21 heteroatoms. The van der Waals surface area contributed by atoms with E-state index in [9.17, 15) is 55.0 Å². The smallest absolute Gasteiger partial charge is 0.449 e. The summed E-state index contributed by atoms with van der Waals surface area (Å²) in [6.45, 7) is -1.22. The van der Waals surface area contributed by atoms with Crippen molar-refractivity contribution in [3.8, 4) is 0 Å². The van der Waals surface area contributed by atoms with Crippen molar-refractivity contribution >= 4 is 19.7 Å². The van der Waals surface area contributed by atoms with Crippen molar-refractivity contribution in [2.45, 2.75) is 36.9 Å². The van der Waals surface area contributed by atoms with E-state index in [1.165, 1.54) is 17.8 Å². The van der Waals surface area contributed by atoms with Crippen LogP contribution in [0.4, 0.5) is 26.3 Å². The Morgan fingerprint density at radius 1 is 1.11 bits per heavy atom. The average Bonchev–Trinajstić information content (AvgIpc) is 3.36. The Balaban J connectivity index is 2.02. The lowest BCUT2D eigenvalue weighted by Gasteiger charge is -2.25. The molecule has 1 aliphatic heterocycles. The number of carbonyl (C=O) groups is 2. The van der Waals surface area contributed by atoms with Gasteiger partial charge in [-0.15, -0.1) is 4.34 Å². The molecule has 5 atom stereocenters. The monoisotopic (exact) mass is 581 g/mol. The molecule has 0 aliphatic carbocycles. The molecule has 1 saturated heterocycles. The highest BCUT2D eigenvalue weighted by Crippen LogP contribution is 2.45. The second-order valence-corrected chi connectivity index (χ2v) is 9.26. The van der Waals surface area contributed by atoms with E-state index in [0.29, 0.717) is 21.2 Å². The first kappa shape index (κ1) is 29.1. The lowest BCUT2D eigenvalue weighted by molar-refractivity contribution is -0.670. The van der Waals surface area contributed by atoms with Gasteiger partial charge in [-0.1, -0.05) is 0 Å². The van der Waals surface area contributed by atoms with Crippen LogP contribution in [0.15, 0.2) is 40.6 Å². The van der Waals surface area contributed by atoms with Crippen molar-refractivity contribution < 1.29 is 68.7 Å². The number of ether oxygens (including phenoxy) is 3. The molecule has 0 bridgehead atoms. The number of aryl methyl sites for hydroxylation is 1. The van der Waals surface area contributed by atoms with Crippen LogP contribution in [0, 0.1) is 0 Å². The molecule has 0 radical (unpaired) electrons. The highest BCUT2D eigenvalue weighted by atomic mass is 31.2. The number of halogens is 6. The van der Waals surface area contributed by atoms with Gasteiger partial charge < -0.3 is 14.2 Å². The maximum atomic E-state index is 12.9. The van der Waals surface area contributed by atoms with Crippen molar-refractivity contribution in [2.75, 3.05) is 6.61 Å². The van der Waals surface area contributed by atoms with Crippen molar-refractivity contribution in [1.82, 2.24) is 13.9 Å². The van der Waals surface area contributed by atoms with E-state index in [2.05, 4.69) is 9.47 Å². The fourth-order valence-electron chi connectivity index (χ4n) is 3.17. The minimum absolute atomic E-state index is 0.328. The predicted octanol–water partition coefficient (Wildman–Crippen LogP) is -0.327. The van der Waals surface area contributed by atoms with E-state index in [1.807, 2.05) is 0 Å². The Kier molecular flexibility index (Phi) is 7.92. The molecule has 14 nitrogen and oxygen atoms in total. The lowest BCUT2D eigenvalue weighted by Crippen LogP contribution is -2.46. The van der Waals surface area contributed by atoms with Gasteiger partial charge in [0.05, 0.1) is 13.7 Å². The standard InChI is InChI=1S/C17H15F6N4O10P/c1-25-4-5-26(7-25)38(32,33)34-6-8-10(36-13(29)16(18,19)20)11(37-14(30)17(21,22)23)12(35-8)27-3-2-9(28)24-15(27)31/h2-5,7-8,10-12H,6H2,1H3,(H-,24,28,31,32,33)/p+1/t8-,10?,11+,12-/m1/s1. The van der Waals surface area contributed by atoms with Gasteiger partial charge in [0.1, 0.15) is 18.5 Å². The van der Waals surface area contributed by atoms with Crippen LogP contribution in [-0.2, 0) is 39.9 Å². The highest BCUT2D eigenvalue weighted by Gasteiger charge is 2.56. The summed E-state index contributed by atoms with van der Waals surface area (Å²) in [7, 11) is -3.35. The summed E-state index contributed by atoms with van der Waals surface area (Å²) in [4.78, 5) is 58.5. The van der Waals surface area contributed by atoms with Crippen LogP contribution in [0.5, 0.6) is 0 Å². The van der Waals surface area contributed by atoms with Crippen molar-refractivity contribution in [2.24, 2.45) is 7.05 Å². The summed E-state index contributed by atoms with van der Waals surface area (Å²) < 4.78 is 111. The minimum atomic E-state index is -5.70. The van der Waals surface area contributed by atoms with Crippen LogP contribution in [0.2, 0.25) is 0 Å². The molecule has 0 aromatic carbocycles. The number of esters is 2. The van der Waals surface area contributed by atoms with Gasteiger partial charge in [-0.2, -0.15) is 26.3 Å². The minimum Gasteiger partial charge on any atom is -0.449 e. The number of aromatic nitrogens is 4. The Hall–Kier alpha value is -3.48. The number of aromatic amines is 1. The van der Waals surface area contributed by atoms with Gasteiger partial charge in [0.2, 0.25) is 0 Å². The second kappa shape index (κ2) is 10.4. The first-order valence-electron chi connectivity index (χ1n) is 9.94. The Labute approximate surface area is 205 Å². The van der Waals surface area contributed by atoms with E-state index in [-0.39, 0.29) is 0 Å². The molecule has 1 fully saturated rings. The Bertz CT molecular complexity index is 1370. The molecular formula is C17H16F6N4O10P+. The number of rotatable bonds is 7. The third-order valence-electron chi connectivity index (χ3n) is 4.81. The van der Waals surface area contributed by atoms with E-state index in [0.717, 1.165) is 12.5 Å². The number of H-pyrrole nitrogens is 1. The van der Waals surface area contributed by atoms with Gasteiger partial charge >= 0.3 is 37.7 Å².